The van der Waals surface area contributed by atoms with Crippen LogP contribution in [0.1, 0.15) is 32.6 Å². The van der Waals surface area contributed by atoms with Crippen LogP contribution in [0.3, 0.4) is 0 Å². The van der Waals surface area contributed by atoms with Gasteiger partial charge in [0.25, 0.3) is 0 Å². The van der Waals surface area contributed by atoms with Crippen molar-refractivity contribution in [2.45, 2.75) is 32.6 Å². The number of hydrogen-bond donors (Lipinski definition) is 2. The Morgan fingerprint density at radius 3 is 2.72 bits per heavy atom. The molecule has 0 amide bonds. The molecule has 0 unspecified atom stereocenters. The van der Waals surface area contributed by atoms with Crippen molar-refractivity contribution in [3.8, 4) is 0 Å². The third kappa shape index (κ3) is 4.69. The smallest absolute Gasteiger partial charge is 0.191 e. The minimum atomic E-state index is 0.381. The van der Waals surface area contributed by atoms with Crippen molar-refractivity contribution in [2.24, 2.45) is 10.4 Å². The van der Waals surface area contributed by atoms with Gasteiger partial charge in [0.1, 0.15) is 0 Å². The Kier molecular flexibility index (Phi) is 6.80. The fourth-order valence-electron chi connectivity index (χ4n) is 2.24. The van der Waals surface area contributed by atoms with Crippen LogP contribution in [0.15, 0.2) is 17.6 Å². The maximum Gasteiger partial charge on any atom is 0.191 e. The number of ether oxygens (including phenoxy) is 1. The predicted molar refractivity (Wildman–Crippen MR) is 77.0 cm³/mol. The Hall–Kier alpha value is -1.03. The summed E-state index contributed by atoms with van der Waals surface area (Å²) in [6, 6.07) is 0. The first kappa shape index (κ1) is 15.0. The third-order valence-corrected chi connectivity index (χ3v) is 3.58. The molecular formula is C14H27N3O. The molecule has 1 fully saturated rings. The van der Waals surface area contributed by atoms with Gasteiger partial charge in [-0.1, -0.05) is 12.5 Å². The maximum atomic E-state index is 5.20. The molecule has 1 aliphatic rings. The highest BCUT2D eigenvalue weighted by atomic mass is 16.5. The highest BCUT2D eigenvalue weighted by Gasteiger charge is 2.36. The van der Waals surface area contributed by atoms with E-state index in [0.29, 0.717) is 5.41 Å². The first-order chi connectivity index (χ1) is 8.76. The van der Waals surface area contributed by atoms with E-state index < -0.39 is 0 Å². The van der Waals surface area contributed by atoms with Crippen molar-refractivity contribution < 1.29 is 4.74 Å². The van der Waals surface area contributed by atoms with Gasteiger partial charge in [-0.3, -0.25) is 4.99 Å². The molecule has 1 saturated carbocycles. The van der Waals surface area contributed by atoms with Gasteiger partial charge in [0.15, 0.2) is 5.96 Å². The summed E-state index contributed by atoms with van der Waals surface area (Å²) in [5, 5.41) is 6.49. The summed E-state index contributed by atoms with van der Waals surface area (Å²) in [6.07, 6.45) is 6.85. The molecule has 0 heterocycles. The molecule has 0 atom stereocenters. The van der Waals surface area contributed by atoms with Gasteiger partial charge in [0.05, 0.1) is 0 Å². The quantitative estimate of drug-likeness (QED) is 0.395. The molecule has 1 aliphatic carbocycles. The lowest BCUT2D eigenvalue weighted by molar-refractivity contribution is 0.0778. The Balaban J connectivity index is 2.47. The lowest BCUT2D eigenvalue weighted by Crippen LogP contribution is -2.40. The Morgan fingerprint density at radius 1 is 1.44 bits per heavy atom. The van der Waals surface area contributed by atoms with Gasteiger partial charge >= 0.3 is 0 Å². The summed E-state index contributed by atoms with van der Waals surface area (Å²) < 4.78 is 5.20. The summed E-state index contributed by atoms with van der Waals surface area (Å²) in [7, 11) is 1.77. The van der Waals surface area contributed by atoms with Crippen molar-refractivity contribution >= 4 is 5.96 Å². The van der Waals surface area contributed by atoms with Gasteiger partial charge in [-0.25, -0.2) is 0 Å². The molecule has 0 saturated heterocycles. The van der Waals surface area contributed by atoms with E-state index >= 15 is 0 Å². The fraction of sp³-hybridized carbons (Fsp3) is 0.786. The van der Waals surface area contributed by atoms with Crippen LogP contribution in [0.2, 0.25) is 0 Å². The van der Waals surface area contributed by atoms with Crippen LogP contribution in [-0.2, 0) is 4.74 Å². The predicted octanol–water partition coefficient (Wildman–Crippen LogP) is 1.93. The number of methoxy groups -OCH3 is 1. The standard InChI is InChI=1S/C14H27N3O/c1-4-10-16-13(15-5-2)17-12-14(7-6-8-14)9-11-18-3/h4H,1,5-12H2,2-3H3,(H2,15,16,17). The lowest BCUT2D eigenvalue weighted by atomic mass is 9.67. The zero-order valence-corrected chi connectivity index (χ0v) is 11.8. The van der Waals surface area contributed by atoms with Crippen molar-refractivity contribution in [3.05, 3.63) is 12.7 Å². The Morgan fingerprint density at radius 2 is 2.22 bits per heavy atom. The average Bonchev–Trinajstić information content (AvgIpc) is 2.34. The van der Waals surface area contributed by atoms with Gasteiger partial charge in [-0.15, -0.1) is 6.58 Å². The Labute approximate surface area is 111 Å². The minimum absolute atomic E-state index is 0.381. The number of nitrogens with zero attached hydrogens (tertiary/aromatic N) is 1. The second-order valence-corrected chi connectivity index (χ2v) is 4.96. The van der Waals surface area contributed by atoms with E-state index in [9.17, 15) is 0 Å². The van der Waals surface area contributed by atoms with Gasteiger partial charge < -0.3 is 15.4 Å². The second kappa shape index (κ2) is 8.14. The van der Waals surface area contributed by atoms with E-state index in [1.807, 2.05) is 6.08 Å². The van der Waals surface area contributed by atoms with Gasteiger partial charge in [0.2, 0.25) is 0 Å². The summed E-state index contributed by atoms with van der Waals surface area (Å²) in [4.78, 5) is 4.69. The number of nitrogens with one attached hydrogen (secondary N) is 2. The van der Waals surface area contributed by atoms with E-state index in [-0.39, 0.29) is 0 Å². The SMILES string of the molecule is C=CCNC(=NCC1(CCOC)CCC1)NCC. The molecule has 0 aromatic rings. The number of guanidine groups is 1. The molecule has 1 rings (SSSR count). The van der Waals surface area contributed by atoms with Crippen molar-refractivity contribution in [3.63, 3.8) is 0 Å². The van der Waals surface area contributed by atoms with Crippen molar-refractivity contribution in [1.29, 1.82) is 0 Å². The molecule has 0 radical (unpaired) electrons. The zero-order valence-electron chi connectivity index (χ0n) is 11.8. The molecule has 4 heteroatoms. The topological polar surface area (TPSA) is 45.7 Å². The van der Waals surface area contributed by atoms with E-state index in [1.54, 1.807) is 7.11 Å². The van der Waals surface area contributed by atoms with Crippen LogP contribution < -0.4 is 10.6 Å². The van der Waals surface area contributed by atoms with Gasteiger partial charge in [-0.05, 0) is 31.6 Å². The van der Waals surface area contributed by atoms with Crippen LogP contribution in [0.25, 0.3) is 0 Å². The van der Waals surface area contributed by atoms with Crippen LogP contribution in [0, 0.1) is 5.41 Å². The van der Waals surface area contributed by atoms with Gasteiger partial charge in [-0.2, -0.15) is 0 Å². The molecule has 4 nitrogen and oxygen atoms in total. The molecule has 0 bridgehead atoms. The molecule has 18 heavy (non-hydrogen) atoms. The average molecular weight is 253 g/mol. The van der Waals surface area contributed by atoms with E-state index in [2.05, 4.69) is 29.1 Å². The summed E-state index contributed by atoms with van der Waals surface area (Å²) in [5.41, 5.74) is 0.381. The van der Waals surface area contributed by atoms with Crippen LogP contribution >= 0.6 is 0 Å². The first-order valence-corrected chi connectivity index (χ1v) is 6.88. The van der Waals surface area contributed by atoms with Crippen LogP contribution in [-0.4, -0.2) is 39.3 Å². The molecule has 0 aromatic heterocycles. The maximum absolute atomic E-state index is 5.20. The van der Waals surface area contributed by atoms with Gasteiger partial charge in [0, 0.05) is 33.4 Å². The first-order valence-electron chi connectivity index (χ1n) is 6.88. The second-order valence-electron chi connectivity index (χ2n) is 4.96. The number of aliphatic imine (C=N–C) groups is 1. The van der Waals surface area contributed by atoms with E-state index in [4.69, 9.17) is 4.74 Å². The molecule has 0 spiro atoms. The summed E-state index contributed by atoms with van der Waals surface area (Å²) in [6.45, 7) is 9.15. The third-order valence-electron chi connectivity index (χ3n) is 3.58. The minimum Gasteiger partial charge on any atom is -0.385 e. The molecule has 104 valence electrons. The monoisotopic (exact) mass is 253 g/mol. The van der Waals surface area contributed by atoms with Crippen molar-refractivity contribution in [1.82, 2.24) is 10.6 Å². The highest BCUT2D eigenvalue weighted by Crippen LogP contribution is 2.44. The lowest BCUT2D eigenvalue weighted by Gasteiger charge is -2.40. The molecule has 0 aromatic carbocycles. The molecule has 2 N–H and O–H groups in total. The molecule has 0 aliphatic heterocycles. The normalized spacial score (nSPS) is 18.0. The fourth-order valence-corrected chi connectivity index (χ4v) is 2.24. The largest absolute Gasteiger partial charge is 0.385 e. The van der Waals surface area contributed by atoms with Crippen LogP contribution in [0.5, 0.6) is 0 Å². The summed E-state index contributed by atoms with van der Waals surface area (Å²) in [5.74, 6) is 0.890. The summed E-state index contributed by atoms with van der Waals surface area (Å²) >= 11 is 0. The molecular weight excluding hydrogens is 226 g/mol. The van der Waals surface area contributed by atoms with Crippen LogP contribution in [0.4, 0.5) is 0 Å². The van der Waals surface area contributed by atoms with Crippen molar-refractivity contribution in [2.75, 3.05) is 33.4 Å². The van der Waals surface area contributed by atoms with E-state index in [1.165, 1.54) is 19.3 Å². The number of hydrogen-bond acceptors (Lipinski definition) is 2. The number of rotatable bonds is 8. The van der Waals surface area contributed by atoms with E-state index in [0.717, 1.165) is 38.6 Å². The Bertz CT molecular complexity index is 272. The zero-order chi connectivity index (χ0) is 13.3. The highest BCUT2D eigenvalue weighted by molar-refractivity contribution is 5.79.